The molecular formula is C11H10N2O2S. The second kappa shape index (κ2) is 4.40. The first-order chi connectivity index (χ1) is 7.72. The standard InChI is InChI=1S/C11H10N2O2S/c1-16-9-5-4-8(15)11(13-9)10-7(14)3-2-6-12-10/h2-6,14-15H,1H3. The number of pyridine rings is 2. The molecule has 2 aromatic rings. The number of aromatic hydroxyl groups is 2. The highest BCUT2D eigenvalue weighted by Crippen LogP contribution is 2.32. The zero-order valence-corrected chi connectivity index (χ0v) is 9.40. The maximum Gasteiger partial charge on any atom is 0.143 e. The molecule has 4 nitrogen and oxygen atoms in total. The molecule has 16 heavy (non-hydrogen) atoms. The lowest BCUT2D eigenvalue weighted by Gasteiger charge is -2.06. The summed E-state index contributed by atoms with van der Waals surface area (Å²) in [6.45, 7) is 0. The van der Waals surface area contributed by atoms with Crippen molar-refractivity contribution >= 4 is 11.8 Å². The molecule has 2 heterocycles. The van der Waals surface area contributed by atoms with E-state index in [1.165, 1.54) is 17.8 Å². The Labute approximate surface area is 97.0 Å². The Morgan fingerprint density at radius 1 is 1.06 bits per heavy atom. The van der Waals surface area contributed by atoms with E-state index in [0.717, 1.165) is 5.03 Å². The lowest BCUT2D eigenvalue weighted by molar-refractivity contribution is 0.464. The van der Waals surface area contributed by atoms with Gasteiger partial charge in [-0.1, -0.05) is 0 Å². The molecule has 0 spiro atoms. The van der Waals surface area contributed by atoms with E-state index in [9.17, 15) is 10.2 Å². The third-order valence-electron chi connectivity index (χ3n) is 2.07. The van der Waals surface area contributed by atoms with Crippen LogP contribution in [-0.2, 0) is 0 Å². The zero-order chi connectivity index (χ0) is 11.5. The molecule has 0 aliphatic heterocycles. The molecule has 0 atom stereocenters. The van der Waals surface area contributed by atoms with Crippen molar-refractivity contribution < 1.29 is 10.2 Å². The van der Waals surface area contributed by atoms with Crippen molar-refractivity contribution in [3.05, 3.63) is 30.5 Å². The van der Waals surface area contributed by atoms with Crippen LogP contribution in [0, 0.1) is 0 Å². The van der Waals surface area contributed by atoms with Gasteiger partial charge in [0.2, 0.25) is 0 Å². The molecule has 0 radical (unpaired) electrons. The minimum absolute atomic E-state index is 0.00329. The first kappa shape index (κ1) is 10.8. The average Bonchev–Trinajstić information content (AvgIpc) is 2.31. The summed E-state index contributed by atoms with van der Waals surface area (Å²) < 4.78 is 0. The Morgan fingerprint density at radius 2 is 1.81 bits per heavy atom. The second-order valence-corrected chi connectivity index (χ2v) is 3.92. The van der Waals surface area contributed by atoms with Gasteiger partial charge in [0.15, 0.2) is 0 Å². The predicted molar refractivity (Wildman–Crippen MR) is 62.6 cm³/mol. The summed E-state index contributed by atoms with van der Waals surface area (Å²) >= 11 is 1.46. The van der Waals surface area contributed by atoms with E-state index >= 15 is 0 Å². The molecule has 0 saturated carbocycles. The van der Waals surface area contributed by atoms with Gasteiger partial charge in [-0.15, -0.1) is 11.8 Å². The van der Waals surface area contributed by atoms with E-state index in [0.29, 0.717) is 5.69 Å². The van der Waals surface area contributed by atoms with E-state index in [2.05, 4.69) is 9.97 Å². The normalized spacial score (nSPS) is 10.3. The van der Waals surface area contributed by atoms with Crippen molar-refractivity contribution in [1.29, 1.82) is 0 Å². The highest BCUT2D eigenvalue weighted by atomic mass is 32.2. The lowest BCUT2D eigenvalue weighted by atomic mass is 10.2. The van der Waals surface area contributed by atoms with Crippen LogP contribution in [0.15, 0.2) is 35.5 Å². The van der Waals surface area contributed by atoms with Crippen LogP contribution in [-0.4, -0.2) is 26.4 Å². The largest absolute Gasteiger partial charge is 0.506 e. The Bertz CT molecular complexity index is 517. The summed E-state index contributed by atoms with van der Waals surface area (Å²) in [5, 5.41) is 20.1. The van der Waals surface area contributed by atoms with Crippen molar-refractivity contribution in [2.75, 3.05) is 6.26 Å². The summed E-state index contributed by atoms with van der Waals surface area (Å²) in [4.78, 5) is 8.22. The van der Waals surface area contributed by atoms with Crippen molar-refractivity contribution in [2.45, 2.75) is 5.03 Å². The molecular weight excluding hydrogens is 224 g/mol. The fraction of sp³-hybridized carbons (Fsp3) is 0.0909. The van der Waals surface area contributed by atoms with Crippen LogP contribution in [0.25, 0.3) is 11.4 Å². The molecule has 0 aliphatic rings. The summed E-state index contributed by atoms with van der Waals surface area (Å²) in [6, 6.07) is 6.38. The van der Waals surface area contributed by atoms with Crippen LogP contribution in [0.3, 0.4) is 0 Å². The Morgan fingerprint density at radius 3 is 2.50 bits per heavy atom. The minimum atomic E-state index is 0.00329. The summed E-state index contributed by atoms with van der Waals surface area (Å²) in [5.41, 5.74) is 0.584. The van der Waals surface area contributed by atoms with Gasteiger partial charge in [-0.2, -0.15) is 0 Å². The monoisotopic (exact) mass is 234 g/mol. The van der Waals surface area contributed by atoms with Crippen LogP contribution >= 0.6 is 11.8 Å². The van der Waals surface area contributed by atoms with Gasteiger partial charge >= 0.3 is 0 Å². The SMILES string of the molecule is CSc1ccc(O)c(-c2ncccc2O)n1. The molecule has 0 fully saturated rings. The summed E-state index contributed by atoms with van der Waals surface area (Å²) in [7, 11) is 0. The van der Waals surface area contributed by atoms with E-state index in [-0.39, 0.29) is 17.2 Å². The van der Waals surface area contributed by atoms with Crippen LogP contribution in [0.1, 0.15) is 0 Å². The van der Waals surface area contributed by atoms with Gasteiger partial charge in [0, 0.05) is 6.20 Å². The summed E-state index contributed by atoms with van der Waals surface area (Å²) in [5.74, 6) is 0.00959. The van der Waals surface area contributed by atoms with Gasteiger partial charge in [0.25, 0.3) is 0 Å². The van der Waals surface area contributed by atoms with E-state index in [1.54, 1.807) is 24.4 Å². The molecule has 0 amide bonds. The van der Waals surface area contributed by atoms with Crippen molar-refractivity contribution in [3.63, 3.8) is 0 Å². The fourth-order valence-electron chi connectivity index (χ4n) is 1.30. The molecule has 2 aromatic heterocycles. The molecule has 0 unspecified atom stereocenters. The third-order valence-corrected chi connectivity index (χ3v) is 2.71. The number of aromatic nitrogens is 2. The fourth-order valence-corrected chi connectivity index (χ4v) is 1.69. The van der Waals surface area contributed by atoms with E-state index in [4.69, 9.17) is 0 Å². The van der Waals surface area contributed by atoms with E-state index < -0.39 is 0 Å². The number of rotatable bonds is 2. The highest BCUT2D eigenvalue weighted by Gasteiger charge is 2.12. The Balaban J connectivity index is 2.59. The minimum Gasteiger partial charge on any atom is -0.506 e. The lowest BCUT2D eigenvalue weighted by Crippen LogP contribution is -1.90. The van der Waals surface area contributed by atoms with Crippen LogP contribution in [0.5, 0.6) is 11.5 Å². The molecule has 5 heteroatoms. The van der Waals surface area contributed by atoms with Crippen LogP contribution in [0.4, 0.5) is 0 Å². The molecule has 2 rings (SSSR count). The first-order valence-corrected chi connectivity index (χ1v) is 5.83. The number of hydrogen-bond donors (Lipinski definition) is 2. The predicted octanol–water partition coefficient (Wildman–Crippen LogP) is 2.28. The maximum absolute atomic E-state index is 9.69. The molecule has 0 saturated heterocycles. The van der Waals surface area contributed by atoms with Gasteiger partial charge in [0.05, 0.1) is 5.03 Å². The van der Waals surface area contributed by atoms with Gasteiger partial charge in [0.1, 0.15) is 22.9 Å². The molecule has 82 valence electrons. The number of hydrogen-bond acceptors (Lipinski definition) is 5. The number of thioether (sulfide) groups is 1. The van der Waals surface area contributed by atoms with Gasteiger partial charge in [-0.3, -0.25) is 4.98 Å². The van der Waals surface area contributed by atoms with E-state index in [1.807, 2.05) is 6.26 Å². The molecule has 0 aromatic carbocycles. The van der Waals surface area contributed by atoms with Crippen molar-refractivity contribution in [1.82, 2.24) is 9.97 Å². The average molecular weight is 234 g/mol. The zero-order valence-electron chi connectivity index (χ0n) is 8.58. The topological polar surface area (TPSA) is 66.2 Å². The second-order valence-electron chi connectivity index (χ2n) is 3.09. The number of nitrogens with zero attached hydrogens (tertiary/aromatic N) is 2. The molecule has 0 bridgehead atoms. The first-order valence-electron chi connectivity index (χ1n) is 4.60. The quantitative estimate of drug-likeness (QED) is 0.780. The van der Waals surface area contributed by atoms with Crippen molar-refractivity contribution in [3.8, 4) is 22.9 Å². The highest BCUT2D eigenvalue weighted by molar-refractivity contribution is 7.98. The van der Waals surface area contributed by atoms with Crippen LogP contribution < -0.4 is 0 Å². The maximum atomic E-state index is 9.69. The molecule has 0 aliphatic carbocycles. The van der Waals surface area contributed by atoms with Gasteiger partial charge in [-0.05, 0) is 30.5 Å². The smallest absolute Gasteiger partial charge is 0.143 e. The van der Waals surface area contributed by atoms with Crippen molar-refractivity contribution in [2.24, 2.45) is 0 Å². The molecule has 2 N–H and O–H groups in total. The summed E-state index contributed by atoms with van der Waals surface area (Å²) in [6.07, 6.45) is 3.43. The van der Waals surface area contributed by atoms with Crippen LogP contribution in [0.2, 0.25) is 0 Å². The van der Waals surface area contributed by atoms with Gasteiger partial charge in [-0.25, -0.2) is 4.98 Å². The Hall–Kier alpha value is -1.75. The third kappa shape index (κ3) is 1.94. The Kier molecular flexibility index (Phi) is 2.96. The van der Waals surface area contributed by atoms with Gasteiger partial charge < -0.3 is 10.2 Å².